The maximum absolute atomic E-state index is 12.4. The first kappa shape index (κ1) is 14.7. The van der Waals surface area contributed by atoms with Gasteiger partial charge < -0.3 is 10.3 Å². The summed E-state index contributed by atoms with van der Waals surface area (Å²) in [6.07, 6.45) is 1.75. The lowest BCUT2D eigenvalue weighted by atomic mass is 10.1. The van der Waals surface area contributed by atoms with E-state index in [1.807, 2.05) is 54.6 Å². The van der Waals surface area contributed by atoms with Gasteiger partial charge in [-0.15, -0.1) is 0 Å². The molecule has 5 heteroatoms. The van der Waals surface area contributed by atoms with Crippen molar-refractivity contribution in [1.82, 2.24) is 15.3 Å². The van der Waals surface area contributed by atoms with Crippen molar-refractivity contribution in [2.45, 2.75) is 6.54 Å². The summed E-state index contributed by atoms with van der Waals surface area (Å²) in [5.41, 5.74) is 3.13. The van der Waals surface area contributed by atoms with Crippen molar-refractivity contribution in [1.29, 1.82) is 0 Å². The van der Waals surface area contributed by atoms with E-state index in [-0.39, 0.29) is 5.91 Å². The van der Waals surface area contributed by atoms with Gasteiger partial charge in [-0.05, 0) is 23.8 Å². The number of carbonyl (C=O) groups excluding carboxylic acids is 1. The number of halogens is 1. The highest BCUT2D eigenvalue weighted by molar-refractivity contribution is 6.31. The Morgan fingerprint density at radius 3 is 2.79 bits per heavy atom. The van der Waals surface area contributed by atoms with E-state index in [9.17, 15) is 4.79 Å². The Kier molecular flexibility index (Phi) is 3.67. The minimum Gasteiger partial charge on any atom is -0.349 e. The third-order valence-corrected chi connectivity index (χ3v) is 4.38. The van der Waals surface area contributed by atoms with Gasteiger partial charge in [-0.3, -0.25) is 9.78 Å². The molecule has 4 rings (SSSR count). The summed E-state index contributed by atoms with van der Waals surface area (Å²) < 4.78 is 0. The Morgan fingerprint density at radius 2 is 1.92 bits per heavy atom. The second-order valence-electron chi connectivity index (χ2n) is 5.56. The van der Waals surface area contributed by atoms with Gasteiger partial charge in [0.1, 0.15) is 5.69 Å². The van der Waals surface area contributed by atoms with Gasteiger partial charge in [-0.2, -0.15) is 0 Å². The van der Waals surface area contributed by atoms with E-state index in [0.717, 1.165) is 27.4 Å². The third-order valence-electron chi connectivity index (χ3n) is 4.01. The molecule has 0 radical (unpaired) electrons. The van der Waals surface area contributed by atoms with Crippen molar-refractivity contribution in [3.8, 4) is 0 Å². The molecule has 24 heavy (non-hydrogen) atoms. The summed E-state index contributed by atoms with van der Waals surface area (Å²) in [5, 5.41) is 5.53. The molecule has 118 valence electrons. The molecule has 2 aromatic carbocycles. The van der Waals surface area contributed by atoms with E-state index >= 15 is 0 Å². The van der Waals surface area contributed by atoms with Crippen molar-refractivity contribution in [3.05, 3.63) is 77.1 Å². The van der Waals surface area contributed by atoms with Crippen LogP contribution in [0.15, 0.2) is 60.8 Å². The number of amides is 1. The highest BCUT2D eigenvalue weighted by atomic mass is 35.5. The first-order valence-electron chi connectivity index (χ1n) is 7.60. The molecule has 0 aliphatic carbocycles. The number of aromatic amines is 1. The maximum atomic E-state index is 12.4. The van der Waals surface area contributed by atoms with Gasteiger partial charge in [0.15, 0.2) is 0 Å². The molecule has 0 fully saturated rings. The largest absolute Gasteiger partial charge is 0.349 e. The zero-order valence-corrected chi connectivity index (χ0v) is 13.5. The number of rotatable bonds is 3. The van der Waals surface area contributed by atoms with Crippen LogP contribution in [0.2, 0.25) is 5.02 Å². The lowest BCUT2D eigenvalue weighted by Gasteiger charge is -2.05. The van der Waals surface area contributed by atoms with Gasteiger partial charge in [-0.1, -0.05) is 48.0 Å². The van der Waals surface area contributed by atoms with Gasteiger partial charge in [-0.25, -0.2) is 0 Å². The van der Waals surface area contributed by atoms with Crippen LogP contribution in [0.25, 0.3) is 21.8 Å². The number of nitrogens with zero attached hydrogens (tertiary/aromatic N) is 1. The fourth-order valence-corrected chi connectivity index (χ4v) is 2.98. The summed E-state index contributed by atoms with van der Waals surface area (Å²) in [5.74, 6) is -0.171. The van der Waals surface area contributed by atoms with E-state index in [0.29, 0.717) is 17.3 Å². The molecule has 0 atom stereocenters. The second kappa shape index (κ2) is 5.98. The molecular formula is C19H14ClN3O. The molecular weight excluding hydrogens is 322 g/mol. The number of hydrogen-bond acceptors (Lipinski definition) is 2. The van der Waals surface area contributed by atoms with E-state index in [2.05, 4.69) is 15.3 Å². The minimum atomic E-state index is -0.171. The number of carbonyl (C=O) groups is 1. The molecule has 0 aliphatic rings. The molecule has 0 bridgehead atoms. The summed E-state index contributed by atoms with van der Waals surface area (Å²) >= 11 is 6.12. The number of nitrogens with one attached hydrogen (secondary N) is 2. The van der Waals surface area contributed by atoms with Crippen molar-refractivity contribution >= 4 is 39.3 Å². The number of aromatic nitrogens is 2. The summed E-state index contributed by atoms with van der Waals surface area (Å²) in [7, 11) is 0. The van der Waals surface area contributed by atoms with Crippen LogP contribution >= 0.6 is 11.6 Å². The van der Waals surface area contributed by atoms with Crippen LogP contribution in [0.5, 0.6) is 0 Å². The van der Waals surface area contributed by atoms with Crippen LogP contribution in [-0.4, -0.2) is 15.9 Å². The first-order valence-corrected chi connectivity index (χ1v) is 7.98. The Morgan fingerprint density at radius 1 is 1.08 bits per heavy atom. The maximum Gasteiger partial charge on any atom is 0.267 e. The third kappa shape index (κ3) is 2.61. The van der Waals surface area contributed by atoms with E-state index < -0.39 is 0 Å². The molecule has 0 saturated heterocycles. The predicted octanol–water partition coefficient (Wildman–Crippen LogP) is 4.30. The lowest BCUT2D eigenvalue weighted by Crippen LogP contribution is -2.23. The minimum absolute atomic E-state index is 0.171. The average molecular weight is 336 g/mol. The van der Waals surface area contributed by atoms with Crippen molar-refractivity contribution in [2.75, 3.05) is 0 Å². The quantitative estimate of drug-likeness (QED) is 0.586. The van der Waals surface area contributed by atoms with Gasteiger partial charge in [0.05, 0.1) is 11.0 Å². The summed E-state index contributed by atoms with van der Waals surface area (Å²) in [6.45, 7) is 0.382. The topological polar surface area (TPSA) is 57.8 Å². The fourth-order valence-electron chi connectivity index (χ4n) is 2.77. The van der Waals surface area contributed by atoms with Crippen LogP contribution in [0.4, 0.5) is 0 Å². The monoisotopic (exact) mass is 335 g/mol. The van der Waals surface area contributed by atoms with Crippen LogP contribution in [-0.2, 0) is 6.54 Å². The number of H-pyrrole nitrogens is 1. The Hall–Kier alpha value is -2.85. The van der Waals surface area contributed by atoms with Crippen LogP contribution in [0.3, 0.4) is 0 Å². The van der Waals surface area contributed by atoms with Crippen LogP contribution in [0.1, 0.15) is 16.1 Å². The lowest BCUT2D eigenvalue weighted by molar-refractivity contribution is 0.0947. The van der Waals surface area contributed by atoms with Crippen LogP contribution < -0.4 is 5.32 Å². The van der Waals surface area contributed by atoms with Crippen molar-refractivity contribution in [3.63, 3.8) is 0 Å². The SMILES string of the molecule is O=C(NCc1ccccc1Cl)c1cc2ccc3cccnc3c2[nH]1. The number of pyridine rings is 1. The standard InChI is InChI=1S/C19H14ClN3O/c20-15-6-2-1-4-14(15)11-22-19(24)16-10-13-8-7-12-5-3-9-21-17(12)18(13)23-16/h1-10,23H,11H2,(H,22,24). The van der Waals surface area contributed by atoms with Gasteiger partial charge in [0, 0.05) is 28.5 Å². The van der Waals surface area contributed by atoms with Gasteiger partial charge in [0.25, 0.3) is 5.91 Å². The smallest absolute Gasteiger partial charge is 0.267 e. The molecule has 0 saturated carbocycles. The van der Waals surface area contributed by atoms with E-state index in [4.69, 9.17) is 11.6 Å². The molecule has 1 amide bonds. The Labute approximate surface area is 143 Å². The molecule has 2 N–H and O–H groups in total. The molecule has 4 aromatic rings. The molecule has 0 aliphatic heterocycles. The molecule has 2 aromatic heterocycles. The normalized spacial score (nSPS) is 11.0. The number of hydrogen-bond donors (Lipinski definition) is 2. The molecule has 0 unspecified atom stereocenters. The Balaban J connectivity index is 1.63. The second-order valence-corrected chi connectivity index (χ2v) is 5.97. The van der Waals surface area contributed by atoms with Crippen molar-refractivity contribution in [2.24, 2.45) is 0 Å². The van der Waals surface area contributed by atoms with Crippen molar-refractivity contribution < 1.29 is 4.79 Å². The van der Waals surface area contributed by atoms with E-state index in [1.165, 1.54) is 0 Å². The fraction of sp³-hybridized carbons (Fsp3) is 0.0526. The number of benzene rings is 2. The van der Waals surface area contributed by atoms with Gasteiger partial charge >= 0.3 is 0 Å². The highest BCUT2D eigenvalue weighted by Gasteiger charge is 2.12. The van der Waals surface area contributed by atoms with Gasteiger partial charge in [0.2, 0.25) is 0 Å². The molecule has 0 spiro atoms. The zero-order valence-electron chi connectivity index (χ0n) is 12.7. The van der Waals surface area contributed by atoms with E-state index in [1.54, 1.807) is 6.20 Å². The summed E-state index contributed by atoms with van der Waals surface area (Å²) in [6, 6.07) is 17.2. The zero-order chi connectivity index (χ0) is 16.5. The first-order chi connectivity index (χ1) is 11.7. The predicted molar refractivity (Wildman–Crippen MR) is 96.2 cm³/mol. The average Bonchev–Trinajstić information content (AvgIpc) is 3.05. The molecule has 2 heterocycles. The Bertz CT molecular complexity index is 1050. The summed E-state index contributed by atoms with van der Waals surface area (Å²) in [4.78, 5) is 20.0. The highest BCUT2D eigenvalue weighted by Crippen LogP contribution is 2.24. The number of fused-ring (bicyclic) bond motifs is 3. The molecule has 4 nitrogen and oxygen atoms in total. The van der Waals surface area contributed by atoms with Crippen LogP contribution in [0, 0.1) is 0 Å².